The van der Waals surface area contributed by atoms with E-state index in [9.17, 15) is 0 Å². The predicted octanol–water partition coefficient (Wildman–Crippen LogP) is 8.03. The van der Waals surface area contributed by atoms with Gasteiger partial charge in [0.15, 0.2) is 11.5 Å². The van der Waals surface area contributed by atoms with Gasteiger partial charge in [-0.25, -0.2) is 0 Å². The molecule has 0 unspecified atom stereocenters. The number of aromatic nitrogens is 1. The average molecular weight is 444 g/mol. The molecule has 0 atom stereocenters. The van der Waals surface area contributed by atoms with Gasteiger partial charge in [0, 0.05) is 34.2 Å². The number of hydrogen-bond acceptors (Lipinski definition) is 3. The van der Waals surface area contributed by atoms with E-state index >= 15 is 0 Å². The van der Waals surface area contributed by atoms with Crippen molar-refractivity contribution in [3.63, 3.8) is 0 Å². The molecule has 4 aromatic carbocycles. The first kappa shape index (κ1) is 21.2. The molecule has 5 aromatic rings. The minimum Gasteiger partial charge on any atom is -0.453 e. The van der Waals surface area contributed by atoms with Crippen molar-refractivity contribution in [2.75, 3.05) is 5.32 Å². The molecule has 0 spiro atoms. The SMILES string of the molecule is C1=CC=CNC=C1.c1ccc2c(c1)Nc1ccccc1O2.c1ccc2c(c1)[nH]c1ccccc12. The normalized spacial score (nSPS) is 12.5. The zero-order valence-corrected chi connectivity index (χ0v) is 18.6. The lowest BCUT2D eigenvalue weighted by Crippen LogP contribution is -2.01. The molecule has 4 heteroatoms. The Labute approximate surface area is 198 Å². The standard InChI is InChI=1S/C12H9NO.C12H9N.C6H7N/c1-3-7-11-9(5-1)13-10-6-2-4-8-12(10)14-11;1-3-7-11-9(5-1)10-6-2-4-8-12(10)13-11;1-2-4-6-7-5-3-1/h1-8,13H;1-8,13H;1-7H. The molecule has 1 aromatic heterocycles. The molecule has 0 fully saturated rings. The van der Waals surface area contributed by atoms with Crippen LogP contribution >= 0.6 is 0 Å². The van der Waals surface area contributed by atoms with Crippen LogP contribution < -0.4 is 15.4 Å². The molecular weight excluding hydrogens is 418 g/mol. The molecule has 3 N–H and O–H groups in total. The number of ether oxygens (including phenoxy) is 1. The van der Waals surface area contributed by atoms with E-state index in [0.717, 1.165) is 22.9 Å². The lowest BCUT2D eigenvalue weighted by molar-refractivity contribution is 0.481. The van der Waals surface area contributed by atoms with E-state index < -0.39 is 0 Å². The molecule has 0 radical (unpaired) electrons. The number of para-hydroxylation sites is 6. The monoisotopic (exact) mass is 443 g/mol. The minimum absolute atomic E-state index is 0.881. The van der Waals surface area contributed by atoms with Crippen molar-refractivity contribution in [2.45, 2.75) is 0 Å². The zero-order valence-electron chi connectivity index (χ0n) is 18.6. The van der Waals surface area contributed by atoms with E-state index in [-0.39, 0.29) is 0 Å². The fourth-order valence-corrected chi connectivity index (χ4v) is 3.79. The highest BCUT2D eigenvalue weighted by Gasteiger charge is 2.13. The second-order valence-corrected chi connectivity index (χ2v) is 7.71. The van der Waals surface area contributed by atoms with E-state index in [4.69, 9.17) is 4.74 Å². The molecule has 3 heterocycles. The molecule has 2 aliphatic heterocycles. The summed E-state index contributed by atoms with van der Waals surface area (Å²) in [6.07, 6.45) is 11.6. The minimum atomic E-state index is 0.881. The van der Waals surface area contributed by atoms with E-state index in [1.54, 1.807) is 0 Å². The number of H-pyrrole nitrogens is 1. The fraction of sp³-hybridized carbons (Fsp3) is 0. The highest BCUT2D eigenvalue weighted by Crippen LogP contribution is 2.40. The number of hydrogen-bond donors (Lipinski definition) is 3. The van der Waals surface area contributed by atoms with Crippen LogP contribution in [0.5, 0.6) is 11.5 Å². The topological polar surface area (TPSA) is 49.1 Å². The Balaban J connectivity index is 0.000000112. The fourth-order valence-electron chi connectivity index (χ4n) is 3.79. The van der Waals surface area contributed by atoms with Gasteiger partial charge in [-0.15, -0.1) is 0 Å². The number of benzene rings is 4. The Morgan fingerprint density at radius 3 is 1.50 bits per heavy atom. The Kier molecular flexibility index (Phi) is 6.40. The van der Waals surface area contributed by atoms with Crippen LogP contribution in [-0.2, 0) is 0 Å². The predicted molar refractivity (Wildman–Crippen MR) is 143 cm³/mol. The van der Waals surface area contributed by atoms with Gasteiger partial charge < -0.3 is 20.4 Å². The third kappa shape index (κ3) is 4.87. The van der Waals surface area contributed by atoms with Gasteiger partial charge in [-0.2, -0.15) is 0 Å². The molecule has 0 saturated carbocycles. The number of anilines is 2. The van der Waals surface area contributed by atoms with Crippen molar-refractivity contribution in [1.82, 2.24) is 10.3 Å². The molecule has 7 rings (SSSR count). The second kappa shape index (κ2) is 10.3. The molecule has 2 aliphatic rings. The van der Waals surface area contributed by atoms with Gasteiger partial charge >= 0.3 is 0 Å². The summed E-state index contributed by atoms with van der Waals surface area (Å²) in [5.41, 5.74) is 4.46. The van der Waals surface area contributed by atoms with Gasteiger partial charge in [0.2, 0.25) is 0 Å². The zero-order chi connectivity index (χ0) is 23.0. The first-order chi connectivity index (χ1) is 16.9. The highest BCUT2D eigenvalue weighted by molar-refractivity contribution is 6.06. The number of allylic oxidation sites excluding steroid dienone is 4. The second-order valence-electron chi connectivity index (χ2n) is 7.71. The Morgan fingerprint density at radius 2 is 0.941 bits per heavy atom. The Bertz CT molecular complexity index is 1340. The smallest absolute Gasteiger partial charge is 0.150 e. The molecule has 0 aliphatic carbocycles. The van der Waals surface area contributed by atoms with Crippen molar-refractivity contribution in [3.05, 3.63) is 134 Å². The quantitative estimate of drug-likeness (QED) is 0.223. The van der Waals surface area contributed by atoms with Crippen LogP contribution in [0.1, 0.15) is 0 Å². The van der Waals surface area contributed by atoms with Crippen molar-refractivity contribution in [2.24, 2.45) is 0 Å². The maximum absolute atomic E-state index is 5.71. The summed E-state index contributed by atoms with van der Waals surface area (Å²) < 4.78 is 5.71. The largest absolute Gasteiger partial charge is 0.453 e. The van der Waals surface area contributed by atoms with Crippen LogP contribution in [0.2, 0.25) is 0 Å². The van der Waals surface area contributed by atoms with Crippen molar-refractivity contribution in [1.29, 1.82) is 0 Å². The lowest BCUT2D eigenvalue weighted by atomic mass is 10.2. The van der Waals surface area contributed by atoms with E-state index in [2.05, 4.69) is 64.1 Å². The average Bonchev–Trinajstić information content (AvgIpc) is 3.04. The molecule has 4 nitrogen and oxygen atoms in total. The summed E-state index contributed by atoms with van der Waals surface area (Å²) in [7, 11) is 0. The summed E-state index contributed by atoms with van der Waals surface area (Å²) in [5.74, 6) is 1.76. The van der Waals surface area contributed by atoms with Crippen molar-refractivity contribution >= 4 is 33.2 Å². The third-order valence-corrected chi connectivity index (χ3v) is 5.40. The van der Waals surface area contributed by atoms with Gasteiger partial charge in [-0.1, -0.05) is 72.8 Å². The van der Waals surface area contributed by atoms with Gasteiger partial charge in [0.1, 0.15) is 0 Å². The first-order valence-electron chi connectivity index (χ1n) is 11.2. The van der Waals surface area contributed by atoms with Crippen molar-refractivity contribution < 1.29 is 4.74 Å². The maximum atomic E-state index is 5.71. The summed E-state index contributed by atoms with van der Waals surface area (Å²) in [4.78, 5) is 3.38. The Morgan fingerprint density at radius 1 is 0.471 bits per heavy atom. The van der Waals surface area contributed by atoms with Gasteiger partial charge in [-0.3, -0.25) is 0 Å². The molecule has 0 bridgehead atoms. The summed E-state index contributed by atoms with van der Waals surface area (Å²) >= 11 is 0. The summed E-state index contributed by atoms with van der Waals surface area (Å²) in [5, 5.41) is 8.85. The van der Waals surface area contributed by atoms with Gasteiger partial charge in [0.05, 0.1) is 11.4 Å². The number of aromatic amines is 1. The summed E-state index contributed by atoms with van der Waals surface area (Å²) in [6.45, 7) is 0. The third-order valence-electron chi connectivity index (χ3n) is 5.40. The Hall–Kier alpha value is -4.70. The van der Waals surface area contributed by atoms with E-state index in [0.29, 0.717) is 0 Å². The molecule has 0 saturated heterocycles. The molecule has 34 heavy (non-hydrogen) atoms. The number of nitrogens with one attached hydrogen (secondary N) is 3. The van der Waals surface area contributed by atoms with Crippen LogP contribution in [0.3, 0.4) is 0 Å². The summed E-state index contributed by atoms with van der Waals surface area (Å²) in [6, 6.07) is 32.6. The number of rotatable bonds is 0. The number of fused-ring (bicyclic) bond motifs is 5. The van der Waals surface area contributed by atoms with Gasteiger partial charge in [-0.05, 0) is 48.6 Å². The maximum Gasteiger partial charge on any atom is 0.150 e. The van der Waals surface area contributed by atoms with Crippen LogP contribution in [-0.4, -0.2) is 4.98 Å². The van der Waals surface area contributed by atoms with E-state index in [1.165, 1.54) is 21.8 Å². The van der Waals surface area contributed by atoms with Crippen LogP contribution in [0.15, 0.2) is 134 Å². The van der Waals surface area contributed by atoms with Crippen LogP contribution in [0.25, 0.3) is 21.8 Å². The molecular formula is C30H25N3O. The van der Waals surface area contributed by atoms with Crippen LogP contribution in [0.4, 0.5) is 11.4 Å². The van der Waals surface area contributed by atoms with E-state index in [1.807, 2.05) is 85.2 Å². The van der Waals surface area contributed by atoms with Crippen molar-refractivity contribution in [3.8, 4) is 11.5 Å². The van der Waals surface area contributed by atoms with Crippen LogP contribution in [0, 0.1) is 0 Å². The molecule has 166 valence electrons. The molecule has 0 amide bonds. The first-order valence-corrected chi connectivity index (χ1v) is 11.2. The van der Waals surface area contributed by atoms with Gasteiger partial charge in [0.25, 0.3) is 0 Å². The highest BCUT2D eigenvalue weighted by atomic mass is 16.5. The lowest BCUT2D eigenvalue weighted by Gasteiger charge is -2.20.